The number of aryl methyl sites for hydroxylation is 1. The van der Waals surface area contributed by atoms with Crippen molar-refractivity contribution in [2.45, 2.75) is 123 Å². The molecule has 2 aliphatic rings. The Morgan fingerprint density at radius 1 is 0.740 bits per heavy atom. The minimum absolute atomic E-state index is 0.111. The summed E-state index contributed by atoms with van der Waals surface area (Å²) in [7, 11) is 0. The number of hydrogen-bond acceptors (Lipinski definition) is 4. The maximum absolute atomic E-state index is 15.2. The fraction of sp³-hybridized carbons (Fsp3) is 0.488. The van der Waals surface area contributed by atoms with Gasteiger partial charge in [-0.15, -0.1) is 0 Å². The van der Waals surface area contributed by atoms with Gasteiger partial charge in [-0.2, -0.15) is 0 Å². The summed E-state index contributed by atoms with van der Waals surface area (Å²) in [5, 5.41) is 0. The first-order valence-electron chi connectivity index (χ1n) is 19.0. The van der Waals surface area contributed by atoms with Crippen LogP contribution in [0.5, 0.6) is 5.75 Å². The monoisotopic (exact) mass is 742 g/mol. The quantitative estimate of drug-likeness (QED) is 0.122. The van der Waals surface area contributed by atoms with Gasteiger partial charge in [-0.05, 0) is 55.4 Å². The summed E-state index contributed by atoms with van der Waals surface area (Å²) in [5.41, 5.74) is 3.74. The number of carbonyl (C=O) groups excluding carboxylic acids is 2. The predicted molar refractivity (Wildman–Crippen MR) is 206 cm³/mol. The molecular weight excluding hydrogens is 688 g/mol. The molecule has 0 saturated carbocycles. The van der Waals surface area contributed by atoms with Crippen LogP contribution in [-0.2, 0) is 33.0 Å². The van der Waals surface area contributed by atoms with Gasteiger partial charge in [0.1, 0.15) is 18.1 Å². The molecule has 0 spiro atoms. The second-order valence-electron chi connectivity index (χ2n) is 13.7. The molecule has 0 saturated heterocycles. The Balaban J connectivity index is 1.80. The van der Waals surface area contributed by atoms with Crippen molar-refractivity contribution in [3.63, 3.8) is 0 Å². The Morgan fingerprint density at radius 2 is 1.44 bits per heavy atom. The predicted octanol–water partition coefficient (Wildman–Crippen LogP) is 11.0. The van der Waals surface area contributed by atoms with E-state index in [0.717, 1.165) is 97.6 Å². The lowest BCUT2D eigenvalue weighted by Crippen LogP contribution is -2.56. The van der Waals surface area contributed by atoms with E-state index >= 15 is 4.79 Å². The van der Waals surface area contributed by atoms with E-state index in [-0.39, 0.29) is 18.4 Å². The lowest BCUT2D eigenvalue weighted by molar-refractivity contribution is -0.165. The van der Waals surface area contributed by atoms with Crippen LogP contribution in [0.3, 0.4) is 0 Å². The van der Waals surface area contributed by atoms with Crippen molar-refractivity contribution >= 4 is 33.4 Å². The summed E-state index contributed by atoms with van der Waals surface area (Å²) in [4.78, 5) is 33.5. The van der Waals surface area contributed by atoms with Crippen LogP contribution in [0.4, 0.5) is 5.69 Å². The van der Waals surface area contributed by atoms with E-state index < -0.39 is 5.72 Å². The van der Waals surface area contributed by atoms with Crippen LogP contribution in [0, 0.1) is 0 Å². The number of ether oxygens (including phenoxy) is 2. The second kappa shape index (κ2) is 18.1. The van der Waals surface area contributed by atoms with E-state index in [2.05, 4.69) is 67.9 Å². The van der Waals surface area contributed by atoms with Gasteiger partial charge < -0.3 is 14.4 Å². The van der Waals surface area contributed by atoms with Gasteiger partial charge in [0.2, 0.25) is 11.6 Å². The number of benzene rings is 3. The average Bonchev–Trinajstić information content (AvgIpc) is 3.23. The van der Waals surface area contributed by atoms with Gasteiger partial charge in [-0.25, -0.2) is 0 Å². The van der Waals surface area contributed by atoms with Crippen LogP contribution in [0.15, 0.2) is 82.5 Å². The van der Waals surface area contributed by atoms with Crippen molar-refractivity contribution in [1.29, 1.82) is 0 Å². The summed E-state index contributed by atoms with van der Waals surface area (Å²) < 4.78 is 14.8. The number of rotatable bonds is 18. The molecule has 268 valence electrons. The summed E-state index contributed by atoms with van der Waals surface area (Å²) >= 11 is 3.95. The van der Waals surface area contributed by atoms with Crippen LogP contribution in [-0.4, -0.2) is 29.9 Å². The highest BCUT2D eigenvalue weighted by Gasteiger charge is 2.56. The molecule has 3 aromatic rings. The largest absolute Gasteiger partial charge is 0.491 e. The number of hydrogen-bond donors (Lipinski definition) is 0. The van der Waals surface area contributed by atoms with Crippen molar-refractivity contribution in [1.82, 2.24) is 4.90 Å². The third kappa shape index (κ3) is 8.14. The Hall–Kier alpha value is -3.58. The third-order valence-corrected chi connectivity index (χ3v) is 10.6. The zero-order valence-electron chi connectivity index (χ0n) is 30.6. The van der Waals surface area contributed by atoms with E-state index in [9.17, 15) is 4.79 Å². The molecule has 2 heterocycles. The molecule has 5 rings (SSSR count). The summed E-state index contributed by atoms with van der Waals surface area (Å²) in [5.74, 6) is 1.09. The van der Waals surface area contributed by atoms with E-state index in [1.54, 1.807) is 4.90 Å². The maximum atomic E-state index is 15.2. The topological polar surface area (TPSA) is 59.1 Å². The zero-order valence-corrected chi connectivity index (χ0v) is 32.2. The summed E-state index contributed by atoms with van der Waals surface area (Å²) in [6.07, 6.45) is 12.4. The van der Waals surface area contributed by atoms with Gasteiger partial charge in [0.05, 0.1) is 30.0 Å². The van der Waals surface area contributed by atoms with Crippen LogP contribution in [0.25, 0.3) is 0 Å². The highest BCUT2D eigenvalue weighted by atomic mass is 79.9. The van der Waals surface area contributed by atoms with Crippen LogP contribution < -0.4 is 9.64 Å². The third-order valence-electron chi connectivity index (χ3n) is 9.89. The van der Waals surface area contributed by atoms with Crippen molar-refractivity contribution in [2.24, 2.45) is 0 Å². The fourth-order valence-corrected chi connectivity index (χ4v) is 7.79. The van der Waals surface area contributed by atoms with Crippen molar-refractivity contribution in [3.05, 3.63) is 105 Å². The molecule has 2 aliphatic heterocycles. The molecule has 1 atom stereocenters. The van der Waals surface area contributed by atoms with E-state index in [1.165, 1.54) is 5.56 Å². The van der Waals surface area contributed by atoms with E-state index in [1.807, 2.05) is 47.4 Å². The first kappa shape index (κ1) is 37.7. The molecule has 0 bridgehead atoms. The molecule has 6 nitrogen and oxygen atoms in total. The molecular formula is C43H55BrN2O4. The summed E-state index contributed by atoms with van der Waals surface area (Å²) in [6.45, 7) is 9.43. The number of nitrogens with zero attached hydrogens (tertiary/aromatic N) is 2. The molecule has 50 heavy (non-hydrogen) atoms. The molecule has 0 aliphatic carbocycles. The maximum Gasteiger partial charge on any atom is 0.257 e. The molecule has 7 heteroatoms. The van der Waals surface area contributed by atoms with Crippen LogP contribution in [0.2, 0.25) is 0 Å². The Morgan fingerprint density at radius 3 is 2.14 bits per heavy atom. The first-order chi connectivity index (χ1) is 24.4. The number of carbonyl (C=O) groups is 2. The minimum Gasteiger partial charge on any atom is -0.491 e. The van der Waals surface area contributed by atoms with Crippen molar-refractivity contribution in [3.8, 4) is 5.75 Å². The number of unbranched alkanes of at least 4 members (excludes halogenated alkanes) is 6. The SMILES string of the molecule is CCCCCCC1=C(CCCCC)C(=O)N2CC(=O)N(Cc3ccccc3)c3c(OCCCC)ccc(Br)c3C2(c2ccc(CCC)cc2)O1. The Kier molecular flexibility index (Phi) is 13.6. The lowest BCUT2D eigenvalue weighted by Gasteiger charge is -2.48. The highest BCUT2D eigenvalue weighted by Crippen LogP contribution is 2.54. The first-order valence-corrected chi connectivity index (χ1v) is 19.8. The lowest BCUT2D eigenvalue weighted by atomic mass is 9.86. The number of amides is 2. The van der Waals surface area contributed by atoms with Gasteiger partial charge in [-0.3, -0.25) is 14.5 Å². The molecule has 2 amide bonds. The number of fused-ring (bicyclic) bond motifs is 3. The van der Waals surface area contributed by atoms with E-state index in [0.29, 0.717) is 43.0 Å². The Bertz CT molecular complexity index is 1620. The van der Waals surface area contributed by atoms with Gasteiger partial charge >= 0.3 is 0 Å². The highest BCUT2D eigenvalue weighted by molar-refractivity contribution is 9.10. The zero-order chi connectivity index (χ0) is 35.5. The average molecular weight is 744 g/mol. The second-order valence-corrected chi connectivity index (χ2v) is 14.5. The smallest absolute Gasteiger partial charge is 0.257 e. The Labute approximate surface area is 308 Å². The molecule has 0 N–H and O–H groups in total. The van der Waals surface area contributed by atoms with Crippen molar-refractivity contribution < 1.29 is 19.1 Å². The standard InChI is InChI=1S/C43H55BrN2O4/c1-5-9-12-17-22-37-35(21-14-10-6-2)42(48)46-31-39(47)45(30-33-19-15-13-16-20-33)41-38(49-29-11-7-3)28-27-36(44)40(41)43(46,50-37)34-25-23-32(18-8-4)24-26-34/h13,15-16,19-20,23-28H,5-12,14,17-18,21-22,29-31H2,1-4H3. The van der Waals surface area contributed by atoms with Crippen LogP contribution >= 0.6 is 15.9 Å². The normalized spacial score (nSPS) is 17.4. The molecule has 0 aromatic heterocycles. The van der Waals surface area contributed by atoms with Gasteiger partial charge in [0.25, 0.3) is 5.91 Å². The molecule has 0 fully saturated rings. The molecule has 3 aromatic carbocycles. The number of anilines is 1. The van der Waals surface area contributed by atoms with Gasteiger partial charge in [0.15, 0.2) is 0 Å². The van der Waals surface area contributed by atoms with E-state index in [4.69, 9.17) is 9.47 Å². The number of halogens is 1. The fourth-order valence-electron chi connectivity index (χ4n) is 7.21. The van der Waals surface area contributed by atoms with Gasteiger partial charge in [-0.1, -0.05) is 143 Å². The van der Waals surface area contributed by atoms with Crippen LogP contribution in [0.1, 0.15) is 127 Å². The number of allylic oxidation sites excluding steroid dienone is 1. The van der Waals surface area contributed by atoms with Crippen molar-refractivity contribution in [2.75, 3.05) is 18.1 Å². The summed E-state index contributed by atoms with van der Waals surface area (Å²) in [6, 6.07) is 22.4. The molecule has 0 radical (unpaired) electrons. The van der Waals surface area contributed by atoms with Gasteiger partial charge in [0, 0.05) is 16.5 Å². The molecule has 1 unspecified atom stereocenters. The minimum atomic E-state index is -1.39.